The van der Waals surface area contributed by atoms with Crippen LogP contribution in [0.4, 0.5) is 0 Å². The molecule has 2 heterocycles. The van der Waals surface area contributed by atoms with Gasteiger partial charge in [-0.25, -0.2) is 0 Å². The van der Waals surface area contributed by atoms with Crippen LogP contribution in [0.3, 0.4) is 0 Å². The molecule has 0 fully saturated rings. The second-order valence-corrected chi connectivity index (χ2v) is 3.30. The fraction of sp³-hybridized carbons (Fsp3) is 0.455. The van der Waals surface area contributed by atoms with Crippen molar-refractivity contribution in [1.82, 2.24) is 9.88 Å². The van der Waals surface area contributed by atoms with Crippen LogP contribution < -0.4 is 5.32 Å². The van der Waals surface area contributed by atoms with Crippen molar-refractivity contribution >= 4 is 0 Å². The van der Waals surface area contributed by atoms with E-state index in [1.54, 1.807) is 0 Å². The number of aryl methyl sites for hydroxylation is 2. The summed E-state index contributed by atoms with van der Waals surface area (Å²) in [4.78, 5) is 0. The van der Waals surface area contributed by atoms with Gasteiger partial charge < -0.3 is 9.88 Å². The zero-order chi connectivity index (χ0) is 9.68. The summed E-state index contributed by atoms with van der Waals surface area (Å²) in [6.07, 6.45) is 4.25. The molecule has 0 bridgehead atoms. The predicted octanol–water partition coefficient (Wildman–Crippen LogP) is 1.79. The Bertz CT molecular complexity index is 259. The summed E-state index contributed by atoms with van der Waals surface area (Å²) in [5.74, 6) is 0. The van der Waals surface area contributed by atoms with E-state index in [0.29, 0.717) is 0 Å². The van der Waals surface area contributed by atoms with Crippen LogP contribution in [0.25, 0.3) is 0 Å². The summed E-state index contributed by atoms with van der Waals surface area (Å²) in [5, 5.41) is 3.11. The molecule has 2 heteroatoms. The van der Waals surface area contributed by atoms with Gasteiger partial charge in [-0.15, -0.1) is 0 Å². The number of rotatable bonds is 0. The maximum absolute atomic E-state index is 3.11. The molecular formula is C11H18N2. The lowest BCUT2D eigenvalue weighted by Gasteiger charge is -1.96. The van der Waals surface area contributed by atoms with Crippen LogP contribution in [0, 0.1) is 13.8 Å². The second-order valence-electron chi connectivity index (χ2n) is 3.30. The Hall–Kier alpha value is -1.02. The molecule has 0 aromatic carbocycles. The minimum absolute atomic E-state index is 1.07. The van der Waals surface area contributed by atoms with E-state index in [0.717, 1.165) is 13.1 Å². The zero-order valence-corrected chi connectivity index (χ0v) is 8.67. The topological polar surface area (TPSA) is 17.0 Å². The highest BCUT2D eigenvalue weighted by molar-refractivity contribution is 5.12. The second kappa shape index (κ2) is 4.87. The lowest BCUT2D eigenvalue weighted by Crippen LogP contribution is -2.04. The highest BCUT2D eigenvalue weighted by Gasteiger charge is 1.90. The first-order valence-corrected chi connectivity index (χ1v) is 4.66. The number of hydrogen-bond donors (Lipinski definition) is 1. The van der Waals surface area contributed by atoms with Crippen molar-refractivity contribution in [2.75, 3.05) is 13.1 Å². The number of nitrogens with one attached hydrogen (secondary N) is 1. The maximum atomic E-state index is 3.11. The smallest absolute Gasteiger partial charge is 0.0143 e. The van der Waals surface area contributed by atoms with Gasteiger partial charge in [-0.05, 0) is 26.0 Å². The van der Waals surface area contributed by atoms with Crippen molar-refractivity contribution in [3.63, 3.8) is 0 Å². The summed E-state index contributed by atoms with van der Waals surface area (Å²) in [7, 11) is 2.07. The van der Waals surface area contributed by atoms with Crippen LogP contribution in [-0.4, -0.2) is 17.7 Å². The summed E-state index contributed by atoms with van der Waals surface area (Å²) in [5.41, 5.74) is 2.64. The molecule has 0 saturated carbocycles. The average Bonchev–Trinajstić information content (AvgIpc) is 2.75. The first kappa shape index (κ1) is 10.1. The normalized spacial score (nSPS) is 14.1. The van der Waals surface area contributed by atoms with Gasteiger partial charge >= 0.3 is 0 Å². The number of nitrogens with zero attached hydrogens (tertiary/aromatic N) is 1. The van der Waals surface area contributed by atoms with Crippen LogP contribution in [0.2, 0.25) is 0 Å². The van der Waals surface area contributed by atoms with E-state index < -0.39 is 0 Å². The molecule has 72 valence electrons. The molecule has 0 aliphatic carbocycles. The summed E-state index contributed by atoms with van der Waals surface area (Å²) in [6, 6.07) is 4.24. The van der Waals surface area contributed by atoms with Gasteiger partial charge in [0.15, 0.2) is 0 Å². The molecule has 1 N–H and O–H groups in total. The monoisotopic (exact) mass is 178 g/mol. The van der Waals surface area contributed by atoms with Gasteiger partial charge in [0, 0.05) is 31.5 Å². The first-order valence-electron chi connectivity index (χ1n) is 4.66. The maximum Gasteiger partial charge on any atom is 0.0143 e. The van der Waals surface area contributed by atoms with Crippen LogP contribution >= 0.6 is 0 Å². The summed E-state index contributed by atoms with van der Waals surface area (Å²) >= 11 is 0. The van der Waals surface area contributed by atoms with Crippen molar-refractivity contribution < 1.29 is 0 Å². The molecule has 0 radical (unpaired) electrons. The van der Waals surface area contributed by atoms with E-state index >= 15 is 0 Å². The Morgan fingerprint density at radius 3 is 1.69 bits per heavy atom. The fourth-order valence-electron chi connectivity index (χ4n) is 1.16. The Labute approximate surface area is 80.3 Å². The molecule has 2 rings (SSSR count). The minimum atomic E-state index is 1.07. The Kier molecular flexibility index (Phi) is 3.77. The SMILES string of the molecule is C1=CCNC1.Cc1ccc(C)n1C. The van der Waals surface area contributed by atoms with E-state index in [4.69, 9.17) is 0 Å². The van der Waals surface area contributed by atoms with E-state index in [1.807, 2.05) is 0 Å². The van der Waals surface area contributed by atoms with E-state index in [1.165, 1.54) is 11.4 Å². The lowest BCUT2D eigenvalue weighted by atomic mass is 10.5. The van der Waals surface area contributed by atoms with Crippen molar-refractivity contribution in [3.05, 3.63) is 35.7 Å². The van der Waals surface area contributed by atoms with Crippen molar-refractivity contribution in [3.8, 4) is 0 Å². The van der Waals surface area contributed by atoms with Crippen LogP contribution in [0.15, 0.2) is 24.3 Å². The van der Waals surface area contributed by atoms with Crippen LogP contribution in [0.5, 0.6) is 0 Å². The van der Waals surface area contributed by atoms with E-state index in [9.17, 15) is 0 Å². The Balaban J connectivity index is 0.000000145. The zero-order valence-electron chi connectivity index (χ0n) is 8.67. The molecule has 0 unspecified atom stereocenters. The highest BCUT2D eigenvalue weighted by Crippen LogP contribution is 2.02. The van der Waals surface area contributed by atoms with Gasteiger partial charge in [0.25, 0.3) is 0 Å². The quantitative estimate of drug-likeness (QED) is 0.599. The molecule has 0 atom stereocenters. The van der Waals surface area contributed by atoms with Crippen molar-refractivity contribution in [2.24, 2.45) is 7.05 Å². The van der Waals surface area contributed by atoms with Gasteiger partial charge in [-0.1, -0.05) is 12.2 Å². The lowest BCUT2D eigenvalue weighted by molar-refractivity contribution is 0.844. The molecular weight excluding hydrogens is 160 g/mol. The molecule has 0 saturated heterocycles. The number of hydrogen-bond acceptors (Lipinski definition) is 1. The Morgan fingerprint density at radius 1 is 1.08 bits per heavy atom. The van der Waals surface area contributed by atoms with Gasteiger partial charge in [0.05, 0.1) is 0 Å². The average molecular weight is 178 g/mol. The minimum Gasteiger partial charge on any atom is -0.352 e. The third kappa shape index (κ3) is 3.07. The van der Waals surface area contributed by atoms with Crippen molar-refractivity contribution in [2.45, 2.75) is 13.8 Å². The van der Waals surface area contributed by atoms with Gasteiger partial charge in [0.1, 0.15) is 0 Å². The summed E-state index contributed by atoms with van der Waals surface area (Å²) < 4.78 is 2.17. The van der Waals surface area contributed by atoms with E-state index in [-0.39, 0.29) is 0 Å². The third-order valence-corrected chi connectivity index (χ3v) is 2.31. The van der Waals surface area contributed by atoms with Gasteiger partial charge in [0.2, 0.25) is 0 Å². The molecule has 13 heavy (non-hydrogen) atoms. The standard InChI is InChI=1S/C7H11N.C4H7N/c1-6-4-5-7(2)8(6)3;1-2-4-5-3-1/h4-5H,1-3H3;1-2,5H,3-4H2. The highest BCUT2D eigenvalue weighted by atomic mass is 14.9. The van der Waals surface area contributed by atoms with Gasteiger partial charge in [-0.3, -0.25) is 0 Å². The molecule has 2 nitrogen and oxygen atoms in total. The third-order valence-electron chi connectivity index (χ3n) is 2.31. The Morgan fingerprint density at radius 2 is 1.54 bits per heavy atom. The molecule has 1 aromatic heterocycles. The predicted molar refractivity (Wildman–Crippen MR) is 56.9 cm³/mol. The van der Waals surface area contributed by atoms with Crippen LogP contribution in [-0.2, 0) is 7.05 Å². The summed E-state index contributed by atoms with van der Waals surface area (Å²) in [6.45, 7) is 6.35. The van der Waals surface area contributed by atoms with E-state index in [2.05, 4.69) is 55.1 Å². The number of aromatic nitrogens is 1. The largest absolute Gasteiger partial charge is 0.352 e. The molecule has 1 aromatic rings. The van der Waals surface area contributed by atoms with Gasteiger partial charge in [-0.2, -0.15) is 0 Å². The van der Waals surface area contributed by atoms with Crippen LogP contribution in [0.1, 0.15) is 11.4 Å². The first-order chi connectivity index (χ1) is 6.22. The molecule has 1 aliphatic rings. The van der Waals surface area contributed by atoms with Crippen molar-refractivity contribution in [1.29, 1.82) is 0 Å². The molecule has 1 aliphatic heterocycles. The molecule has 0 spiro atoms. The molecule has 0 amide bonds. The fourth-order valence-corrected chi connectivity index (χ4v) is 1.16.